The van der Waals surface area contributed by atoms with Crippen molar-refractivity contribution in [3.05, 3.63) is 0 Å². The molecule has 0 bridgehead atoms. The number of nitrogens with two attached hydrogens (primary N) is 1. The molecule has 1 amide bonds. The third-order valence-corrected chi connectivity index (χ3v) is 3.22. The van der Waals surface area contributed by atoms with Crippen molar-refractivity contribution in [1.82, 2.24) is 5.32 Å². The number of amides is 1. The number of carbonyl (C=O) groups excluding carboxylic acids is 1. The highest BCUT2D eigenvalue weighted by Gasteiger charge is 2.15. The fraction of sp³-hybridized carbons (Fsp3) is 0.909. The number of nitrogens with one attached hydrogen (secondary N) is 1. The van der Waals surface area contributed by atoms with E-state index in [9.17, 15) is 4.79 Å². The highest BCUT2D eigenvalue weighted by Crippen LogP contribution is 2.02. The summed E-state index contributed by atoms with van der Waals surface area (Å²) in [6, 6.07) is -0.0681. The molecule has 0 heterocycles. The summed E-state index contributed by atoms with van der Waals surface area (Å²) in [6.07, 6.45) is 5.61. The average Bonchev–Trinajstić information content (AvgIpc) is 2.21. The Balaban J connectivity index is 3.39. The van der Waals surface area contributed by atoms with Gasteiger partial charge in [-0.15, -0.1) is 0 Å². The van der Waals surface area contributed by atoms with Crippen molar-refractivity contribution < 1.29 is 4.79 Å². The van der Waals surface area contributed by atoms with E-state index in [-0.39, 0.29) is 17.9 Å². The molecular formula is C11H24N2OS. The van der Waals surface area contributed by atoms with Crippen molar-refractivity contribution in [3.8, 4) is 0 Å². The first-order valence-electron chi connectivity index (χ1n) is 5.61. The Hall–Kier alpha value is -0.220. The number of rotatable bonds is 8. The van der Waals surface area contributed by atoms with E-state index in [4.69, 9.17) is 5.73 Å². The van der Waals surface area contributed by atoms with Crippen LogP contribution in [0, 0.1) is 5.92 Å². The quantitative estimate of drug-likeness (QED) is 0.625. The molecule has 3 nitrogen and oxygen atoms in total. The van der Waals surface area contributed by atoms with Gasteiger partial charge in [-0.05, 0) is 31.8 Å². The van der Waals surface area contributed by atoms with E-state index in [1.165, 1.54) is 18.6 Å². The van der Waals surface area contributed by atoms with Gasteiger partial charge in [0.05, 0.1) is 0 Å². The van der Waals surface area contributed by atoms with Gasteiger partial charge in [0.1, 0.15) is 0 Å². The minimum atomic E-state index is -0.0869. The van der Waals surface area contributed by atoms with Gasteiger partial charge in [-0.25, -0.2) is 0 Å². The predicted molar refractivity (Wildman–Crippen MR) is 68.1 cm³/mol. The molecule has 0 aliphatic rings. The van der Waals surface area contributed by atoms with Crippen molar-refractivity contribution in [2.75, 3.05) is 18.6 Å². The van der Waals surface area contributed by atoms with Crippen LogP contribution >= 0.6 is 11.8 Å². The molecule has 0 spiro atoms. The van der Waals surface area contributed by atoms with Crippen molar-refractivity contribution in [2.45, 2.75) is 39.2 Å². The SMILES string of the molecule is CSCCCCCNC(=O)C(C)C(C)N. The number of carbonyl (C=O) groups is 1. The lowest BCUT2D eigenvalue weighted by molar-refractivity contribution is -0.124. The molecule has 90 valence electrons. The van der Waals surface area contributed by atoms with E-state index in [0.717, 1.165) is 13.0 Å². The Morgan fingerprint density at radius 2 is 2.00 bits per heavy atom. The summed E-state index contributed by atoms with van der Waals surface area (Å²) in [6.45, 7) is 4.51. The van der Waals surface area contributed by atoms with Gasteiger partial charge in [-0.2, -0.15) is 11.8 Å². The zero-order valence-electron chi connectivity index (χ0n) is 10.1. The summed E-state index contributed by atoms with van der Waals surface area (Å²) in [5.41, 5.74) is 5.64. The van der Waals surface area contributed by atoms with E-state index in [0.29, 0.717) is 0 Å². The second-order valence-electron chi connectivity index (χ2n) is 3.99. The van der Waals surface area contributed by atoms with E-state index in [1.54, 1.807) is 0 Å². The summed E-state index contributed by atoms with van der Waals surface area (Å²) in [5, 5.41) is 2.91. The average molecular weight is 232 g/mol. The molecular weight excluding hydrogens is 208 g/mol. The van der Waals surface area contributed by atoms with Gasteiger partial charge in [-0.1, -0.05) is 13.3 Å². The second-order valence-corrected chi connectivity index (χ2v) is 4.98. The highest BCUT2D eigenvalue weighted by atomic mass is 32.2. The van der Waals surface area contributed by atoms with Gasteiger partial charge in [-0.3, -0.25) is 4.79 Å². The molecule has 0 saturated heterocycles. The Morgan fingerprint density at radius 1 is 1.33 bits per heavy atom. The third kappa shape index (κ3) is 7.68. The Bertz CT molecular complexity index is 174. The van der Waals surface area contributed by atoms with Crippen molar-refractivity contribution >= 4 is 17.7 Å². The van der Waals surface area contributed by atoms with E-state index in [2.05, 4.69) is 11.6 Å². The molecule has 0 aliphatic carbocycles. The lowest BCUT2D eigenvalue weighted by Crippen LogP contribution is -2.38. The summed E-state index contributed by atoms with van der Waals surface area (Å²) < 4.78 is 0. The van der Waals surface area contributed by atoms with E-state index in [1.807, 2.05) is 25.6 Å². The van der Waals surface area contributed by atoms with E-state index < -0.39 is 0 Å². The van der Waals surface area contributed by atoms with Crippen LogP contribution in [-0.2, 0) is 4.79 Å². The molecule has 4 heteroatoms. The van der Waals surface area contributed by atoms with Gasteiger partial charge in [0.15, 0.2) is 0 Å². The maximum absolute atomic E-state index is 11.5. The van der Waals surface area contributed by atoms with Crippen LogP contribution in [0.1, 0.15) is 33.1 Å². The van der Waals surface area contributed by atoms with E-state index >= 15 is 0 Å². The number of thioether (sulfide) groups is 1. The molecule has 2 atom stereocenters. The first-order chi connectivity index (χ1) is 7.09. The Kier molecular flexibility index (Phi) is 8.91. The van der Waals surface area contributed by atoms with Crippen LogP contribution in [0.5, 0.6) is 0 Å². The maximum Gasteiger partial charge on any atom is 0.224 e. The molecule has 0 aromatic carbocycles. The van der Waals surface area contributed by atoms with Crippen molar-refractivity contribution in [3.63, 3.8) is 0 Å². The zero-order chi connectivity index (χ0) is 11.7. The highest BCUT2D eigenvalue weighted by molar-refractivity contribution is 7.98. The first-order valence-corrected chi connectivity index (χ1v) is 7.01. The zero-order valence-corrected chi connectivity index (χ0v) is 10.9. The van der Waals surface area contributed by atoms with Crippen LogP contribution in [0.2, 0.25) is 0 Å². The molecule has 0 saturated carbocycles. The minimum Gasteiger partial charge on any atom is -0.356 e. The number of hydrogen-bond donors (Lipinski definition) is 2. The van der Waals surface area contributed by atoms with Crippen LogP contribution < -0.4 is 11.1 Å². The fourth-order valence-corrected chi connectivity index (χ4v) is 1.65. The molecule has 0 rings (SSSR count). The lowest BCUT2D eigenvalue weighted by Gasteiger charge is -2.15. The topological polar surface area (TPSA) is 55.1 Å². The molecule has 0 aromatic rings. The monoisotopic (exact) mass is 232 g/mol. The summed E-state index contributed by atoms with van der Waals surface area (Å²) in [4.78, 5) is 11.5. The van der Waals surface area contributed by atoms with Gasteiger partial charge in [0.2, 0.25) is 5.91 Å². The van der Waals surface area contributed by atoms with Crippen LogP contribution in [0.25, 0.3) is 0 Å². The summed E-state index contributed by atoms with van der Waals surface area (Å²) in [7, 11) is 0. The second kappa shape index (κ2) is 9.04. The predicted octanol–water partition coefficient (Wildman–Crippen LogP) is 1.62. The molecule has 2 unspecified atom stereocenters. The summed E-state index contributed by atoms with van der Waals surface area (Å²) >= 11 is 1.87. The van der Waals surface area contributed by atoms with Gasteiger partial charge in [0.25, 0.3) is 0 Å². The molecule has 0 fully saturated rings. The Morgan fingerprint density at radius 3 is 2.53 bits per heavy atom. The van der Waals surface area contributed by atoms with Gasteiger partial charge in [0, 0.05) is 18.5 Å². The number of hydrogen-bond acceptors (Lipinski definition) is 3. The minimum absolute atomic E-state index is 0.0681. The van der Waals surface area contributed by atoms with Gasteiger partial charge < -0.3 is 11.1 Å². The lowest BCUT2D eigenvalue weighted by atomic mass is 10.0. The van der Waals surface area contributed by atoms with Gasteiger partial charge >= 0.3 is 0 Å². The number of unbranched alkanes of at least 4 members (excludes halogenated alkanes) is 2. The van der Waals surface area contributed by atoms with Crippen LogP contribution in [-0.4, -0.2) is 30.5 Å². The normalized spacial score (nSPS) is 14.7. The maximum atomic E-state index is 11.5. The molecule has 0 aliphatic heterocycles. The summed E-state index contributed by atoms with van der Waals surface area (Å²) in [5.74, 6) is 1.20. The fourth-order valence-electron chi connectivity index (χ4n) is 1.16. The Labute approximate surface area is 97.6 Å². The van der Waals surface area contributed by atoms with Crippen LogP contribution in [0.15, 0.2) is 0 Å². The molecule has 0 radical (unpaired) electrons. The third-order valence-electron chi connectivity index (χ3n) is 2.53. The standard InChI is InChI=1S/C11H24N2OS/c1-9(10(2)12)11(14)13-7-5-4-6-8-15-3/h9-10H,4-8,12H2,1-3H3,(H,13,14). The molecule has 0 aromatic heterocycles. The van der Waals surface area contributed by atoms with Crippen molar-refractivity contribution in [1.29, 1.82) is 0 Å². The molecule has 3 N–H and O–H groups in total. The van der Waals surface area contributed by atoms with Crippen molar-refractivity contribution in [2.24, 2.45) is 11.7 Å². The van der Waals surface area contributed by atoms with Crippen LogP contribution in [0.4, 0.5) is 0 Å². The largest absolute Gasteiger partial charge is 0.356 e. The van der Waals surface area contributed by atoms with Crippen LogP contribution in [0.3, 0.4) is 0 Å². The molecule has 15 heavy (non-hydrogen) atoms. The first kappa shape index (κ1) is 14.8. The smallest absolute Gasteiger partial charge is 0.224 e.